The standard InChI is InChI=1S/C13H19N3O/c14-13(17)8-15-12-6-7-16(10-12)9-11-4-2-1-3-5-11/h1-5,12,15H,6-10H2,(H2,14,17). The van der Waals surface area contributed by atoms with Crippen LogP contribution in [0.4, 0.5) is 0 Å². The summed E-state index contributed by atoms with van der Waals surface area (Å²) in [6, 6.07) is 10.8. The van der Waals surface area contributed by atoms with Gasteiger partial charge in [0, 0.05) is 25.7 Å². The highest BCUT2D eigenvalue weighted by Gasteiger charge is 2.21. The Morgan fingerprint density at radius 2 is 2.18 bits per heavy atom. The summed E-state index contributed by atoms with van der Waals surface area (Å²) >= 11 is 0. The highest BCUT2D eigenvalue weighted by molar-refractivity contribution is 5.75. The van der Waals surface area contributed by atoms with Crippen LogP contribution in [0.3, 0.4) is 0 Å². The number of rotatable bonds is 5. The number of carbonyl (C=O) groups excluding carboxylic acids is 1. The van der Waals surface area contributed by atoms with E-state index in [1.807, 2.05) is 6.07 Å². The molecular formula is C13H19N3O. The SMILES string of the molecule is NC(=O)CNC1CCN(Cc2ccccc2)C1. The number of hydrogen-bond acceptors (Lipinski definition) is 3. The van der Waals surface area contributed by atoms with E-state index in [2.05, 4.69) is 34.5 Å². The van der Waals surface area contributed by atoms with Crippen LogP contribution in [0.15, 0.2) is 30.3 Å². The van der Waals surface area contributed by atoms with Crippen molar-refractivity contribution in [3.8, 4) is 0 Å². The fraction of sp³-hybridized carbons (Fsp3) is 0.462. The van der Waals surface area contributed by atoms with E-state index < -0.39 is 0 Å². The van der Waals surface area contributed by atoms with Gasteiger partial charge in [0.25, 0.3) is 0 Å². The normalized spacial score (nSPS) is 20.6. The number of amides is 1. The molecule has 0 saturated carbocycles. The van der Waals surface area contributed by atoms with Gasteiger partial charge >= 0.3 is 0 Å². The second kappa shape index (κ2) is 5.80. The molecule has 0 bridgehead atoms. The Kier molecular flexibility index (Phi) is 4.12. The minimum Gasteiger partial charge on any atom is -0.369 e. The van der Waals surface area contributed by atoms with Crippen molar-refractivity contribution < 1.29 is 4.79 Å². The lowest BCUT2D eigenvalue weighted by molar-refractivity contribution is -0.117. The number of benzene rings is 1. The van der Waals surface area contributed by atoms with Gasteiger partial charge in [-0.1, -0.05) is 30.3 Å². The third-order valence-corrected chi connectivity index (χ3v) is 3.09. The average Bonchev–Trinajstić information content (AvgIpc) is 2.75. The molecule has 1 aromatic rings. The number of hydrogen-bond donors (Lipinski definition) is 2. The molecule has 1 aromatic carbocycles. The van der Waals surface area contributed by atoms with Crippen molar-refractivity contribution in [1.29, 1.82) is 0 Å². The molecule has 0 aromatic heterocycles. The van der Waals surface area contributed by atoms with Crippen molar-refractivity contribution in [2.45, 2.75) is 19.0 Å². The molecule has 1 aliphatic rings. The maximum absolute atomic E-state index is 10.7. The van der Waals surface area contributed by atoms with E-state index in [4.69, 9.17) is 5.73 Å². The molecular weight excluding hydrogens is 214 g/mol. The first-order chi connectivity index (χ1) is 8.24. The van der Waals surface area contributed by atoms with Gasteiger partial charge in [0.05, 0.1) is 6.54 Å². The van der Waals surface area contributed by atoms with Crippen LogP contribution >= 0.6 is 0 Å². The summed E-state index contributed by atoms with van der Waals surface area (Å²) in [7, 11) is 0. The van der Waals surface area contributed by atoms with Crippen LogP contribution in [0, 0.1) is 0 Å². The lowest BCUT2D eigenvalue weighted by Gasteiger charge is -2.16. The van der Waals surface area contributed by atoms with Gasteiger partial charge in [-0.3, -0.25) is 9.69 Å². The first-order valence-corrected chi connectivity index (χ1v) is 6.02. The van der Waals surface area contributed by atoms with E-state index in [1.54, 1.807) is 0 Å². The number of nitrogens with one attached hydrogen (secondary N) is 1. The molecule has 1 heterocycles. The Morgan fingerprint density at radius 3 is 2.88 bits per heavy atom. The molecule has 1 unspecified atom stereocenters. The van der Waals surface area contributed by atoms with Crippen molar-refractivity contribution >= 4 is 5.91 Å². The summed E-state index contributed by atoms with van der Waals surface area (Å²) in [6.07, 6.45) is 1.08. The summed E-state index contributed by atoms with van der Waals surface area (Å²) in [5.41, 5.74) is 6.45. The third-order valence-electron chi connectivity index (χ3n) is 3.09. The minimum absolute atomic E-state index is 0.282. The molecule has 4 heteroatoms. The minimum atomic E-state index is -0.286. The molecule has 92 valence electrons. The molecule has 0 radical (unpaired) electrons. The van der Waals surface area contributed by atoms with Crippen LogP contribution < -0.4 is 11.1 Å². The zero-order valence-electron chi connectivity index (χ0n) is 9.93. The molecule has 0 spiro atoms. The number of carbonyl (C=O) groups is 1. The summed E-state index contributed by atoms with van der Waals surface area (Å²) in [5, 5.41) is 3.18. The lowest BCUT2D eigenvalue weighted by atomic mass is 10.2. The van der Waals surface area contributed by atoms with Crippen LogP contribution in [-0.4, -0.2) is 36.5 Å². The molecule has 2 rings (SSSR count). The van der Waals surface area contributed by atoms with Gasteiger partial charge in [-0.05, 0) is 12.0 Å². The molecule has 1 saturated heterocycles. The van der Waals surface area contributed by atoms with E-state index in [0.29, 0.717) is 6.04 Å². The molecule has 4 nitrogen and oxygen atoms in total. The highest BCUT2D eigenvalue weighted by Crippen LogP contribution is 2.13. The number of likely N-dealkylation sites (tertiary alicyclic amines) is 1. The topological polar surface area (TPSA) is 58.4 Å². The van der Waals surface area contributed by atoms with E-state index in [9.17, 15) is 4.79 Å². The first-order valence-electron chi connectivity index (χ1n) is 6.02. The Bertz CT molecular complexity index is 366. The van der Waals surface area contributed by atoms with E-state index in [1.165, 1.54) is 5.56 Å². The van der Waals surface area contributed by atoms with Crippen LogP contribution in [0.1, 0.15) is 12.0 Å². The van der Waals surface area contributed by atoms with E-state index >= 15 is 0 Å². The zero-order valence-corrected chi connectivity index (χ0v) is 9.93. The molecule has 3 N–H and O–H groups in total. The van der Waals surface area contributed by atoms with E-state index in [-0.39, 0.29) is 12.5 Å². The summed E-state index contributed by atoms with van der Waals surface area (Å²) in [6.45, 7) is 3.33. The van der Waals surface area contributed by atoms with Crippen molar-refractivity contribution in [2.75, 3.05) is 19.6 Å². The van der Waals surface area contributed by atoms with Crippen LogP contribution in [0.5, 0.6) is 0 Å². The molecule has 17 heavy (non-hydrogen) atoms. The molecule has 1 atom stereocenters. The summed E-state index contributed by atoms with van der Waals surface area (Å²) in [4.78, 5) is 13.1. The Hall–Kier alpha value is -1.39. The average molecular weight is 233 g/mol. The smallest absolute Gasteiger partial charge is 0.231 e. The second-order valence-electron chi connectivity index (χ2n) is 4.55. The second-order valence-corrected chi connectivity index (χ2v) is 4.55. The predicted octanol–water partition coefficient (Wildman–Crippen LogP) is 0.336. The van der Waals surface area contributed by atoms with Crippen molar-refractivity contribution in [3.05, 3.63) is 35.9 Å². The van der Waals surface area contributed by atoms with Crippen LogP contribution in [0.25, 0.3) is 0 Å². The van der Waals surface area contributed by atoms with Gasteiger partial charge in [-0.2, -0.15) is 0 Å². The first kappa shape index (κ1) is 12.1. The Labute approximate surface area is 102 Å². The van der Waals surface area contributed by atoms with Gasteiger partial charge in [0.15, 0.2) is 0 Å². The van der Waals surface area contributed by atoms with Gasteiger partial charge < -0.3 is 11.1 Å². The maximum atomic E-state index is 10.7. The maximum Gasteiger partial charge on any atom is 0.231 e. The van der Waals surface area contributed by atoms with Gasteiger partial charge in [-0.25, -0.2) is 0 Å². The van der Waals surface area contributed by atoms with Crippen LogP contribution in [0.2, 0.25) is 0 Å². The number of nitrogens with zero attached hydrogens (tertiary/aromatic N) is 1. The van der Waals surface area contributed by atoms with Crippen LogP contribution in [-0.2, 0) is 11.3 Å². The predicted molar refractivity (Wildman–Crippen MR) is 67.3 cm³/mol. The van der Waals surface area contributed by atoms with Crippen molar-refractivity contribution in [3.63, 3.8) is 0 Å². The van der Waals surface area contributed by atoms with Gasteiger partial charge in [-0.15, -0.1) is 0 Å². The Balaban J connectivity index is 1.76. The fourth-order valence-corrected chi connectivity index (χ4v) is 2.23. The lowest BCUT2D eigenvalue weighted by Crippen LogP contribution is -2.38. The molecule has 1 fully saturated rings. The largest absolute Gasteiger partial charge is 0.369 e. The summed E-state index contributed by atoms with van der Waals surface area (Å²) < 4.78 is 0. The van der Waals surface area contributed by atoms with Gasteiger partial charge in [0.1, 0.15) is 0 Å². The number of primary amides is 1. The summed E-state index contributed by atoms with van der Waals surface area (Å²) in [5.74, 6) is -0.286. The quantitative estimate of drug-likeness (QED) is 0.771. The third kappa shape index (κ3) is 3.84. The monoisotopic (exact) mass is 233 g/mol. The fourth-order valence-electron chi connectivity index (χ4n) is 2.23. The molecule has 0 aliphatic carbocycles. The van der Waals surface area contributed by atoms with Crippen molar-refractivity contribution in [1.82, 2.24) is 10.2 Å². The van der Waals surface area contributed by atoms with Gasteiger partial charge in [0.2, 0.25) is 5.91 Å². The molecule has 1 amide bonds. The molecule has 1 aliphatic heterocycles. The Morgan fingerprint density at radius 1 is 1.41 bits per heavy atom. The number of nitrogens with two attached hydrogens (primary N) is 1. The van der Waals surface area contributed by atoms with Crippen molar-refractivity contribution in [2.24, 2.45) is 5.73 Å². The zero-order chi connectivity index (χ0) is 12.1. The van der Waals surface area contributed by atoms with E-state index in [0.717, 1.165) is 26.1 Å². The highest BCUT2D eigenvalue weighted by atomic mass is 16.1.